The molecule has 0 radical (unpaired) electrons. The molecule has 2 atom stereocenters. The Balaban J connectivity index is 0.000000297. The first kappa shape index (κ1) is 49.7. The Morgan fingerprint density at radius 3 is 1.48 bits per heavy atom. The van der Waals surface area contributed by atoms with Gasteiger partial charge >= 0.3 is 0 Å². The van der Waals surface area contributed by atoms with Crippen molar-refractivity contribution in [3.05, 3.63) is 91.9 Å². The van der Waals surface area contributed by atoms with Crippen LogP contribution in [0.15, 0.2) is 53.9 Å². The number of benzene rings is 2. The molecule has 0 fully saturated rings. The van der Waals surface area contributed by atoms with Crippen molar-refractivity contribution < 1.29 is 23.3 Å². The van der Waals surface area contributed by atoms with E-state index in [0.29, 0.717) is 62.6 Å². The lowest BCUT2D eigenvalue weighted by Gasteiger charge is -2.30. The summed E-state index contributed by atoms with van der Waals surface area (Å²) < 4.78 is 30.3. The predicted octanol–water partition coefficient (Wildman–Crippen LogP) is 11.3. The highest BCUT2D eigenvalue weighted by Gasteiger charge is 2.28. The van der Waals surface area contributed by atoms with Crippen LogP contribution >= 0.6 is 46.4 Å². The van der Waals surface area contributed by atoms with E-state index in [1.54, 1.807) is 22.8 Å². The summed E-state index contributed by atoms with van der Waals surface area (Å²) in [6.07, 6.45) is 5.22. The molecule has 324 valence electrons. The molecule has 0 amide bonds. The van der Waals surface area contributed by atoms with Gasteiger partial charge in [0.2, 0.25) is 0 Å². The van der Waals surface area contributed by atoms with Crippen molar-refractivity contribution >= 4 is 81.8 Å². The highest BCUT2D eigenvalue weighted by Crippen LogP contribution is 2.42. The molecular formula is C41H50Cl4F2N10O3. The lowest BCUT2D eigenvalue weighted by atomic mass is 9.88. The van der Waals surface area contributed by atoms with Crippen LogP contribution in [-0.2, 0) is 9.68 Å². The summed E-state index contributed by atoms with van der Waals surface area (Å²) in [6.45, 7) is 16.7. The summed E-state index contributed by atoms with van der Waals surface area (Å²) in [5.74, 6) is 4.61. The minimum Gasteiger partial charge on any atom is -0.399 e. The maximum Gasteiger partial charge on any atom is 0.169 e. The number of halogens is 6. The maximum absolute atomic E-state index is 13.6. The quantitative estimate of drug-likeness (QED) is 0.0552. The van der Waals surface area contributed by atoms with Crippen LogP contribution in [0, 0.1) is 22.5 Å². The van der Waals surface area contributed by atoms with Gasteiger partial charge in [-0.05, 0) is 61.1 Å². The molecular weight excluding hydrogens is 860 g/mol. The minimum atomic E-state index is -0.450. The normalized spacial score (nSPS) is 12.6. The van der Waals surface area contributed by atoms with Crippen LogP contribution in [0.2, 0.25) is 20.4 Å². The summed E-state index contributed by atoms with van der Waals surface area (Å²) >= 11 is 25.7. The number of aromatic nitrogens is 6. The smallest absolute Gasteiger partial charge is 0.169 e. The SMILES string of the molecule is C.CC(Nc1c(-c2ccc(F)cc2Cl)c(Cl)nc2c(C=O)cnn12)C(C)(C)C.CO/N=C\c1cnn2c(NC(C)C(C)(C)C)c(-c3ccc(F)cc3Cl)c(Cl)nc12.CON. The number of anilines is 2. The Hall–Kier alpha value is -4.64. The van der Waals surface area contributed by atoms with Gasteiger partial charge in [-0.3, -0.25) is 4.79 Å². The lowest BCUT2D eigenvalue weighted by molar-refractivity contribution is 0.112. The monoisotopic (exact) mass is 908 g/mol. The molecule has 2 unspecified atom stereocenters. The van der Waals surface area contributed by atoms with Crippen molar-refractivity contribution in [2.75, 3.05) is 24.9 Å². The molecule has 0 aliphatic carbocycles. The topological polar surface area (TPSA) is 158 Å². The number of carbonyl (C=O) groups excluding carboxylic acids is 1. The summed E-state index contributed by atoms with van der Waals surface area (Å²) in [6, 6.07) is 8.28. The van der Waals surface area contributed by atoms with Crippen molar-refractivity contribution in [2.24, 2.45) is 21.9 Å². The molecule has 6 aromatic rings. The summed E-state index contributed by atoms with van der Waals surface area (Å²) in [5, 5.41) is 20.2. The third-order valence-electron chi connectivity index (χ3n) is 9.39. The molecule has 4 heterocycles. The van der Waals surface area contributed by atoms with Gasteiger partial charge in [0, 0.05) is 23.2 Å². The van der Waals surface area contributed by atoms with Crippen molar-refractivity contribution in [2.45, 2.75) is 74.9 Å². The number of hydrogen-bond acceptors (Lipinski definition) is 11. The van der Waals surface area contributed by atoms with Crippen LogP contribution in [0.4, 0.5) is 20.4 Å². The van der Waals surface area contributed by atoms with E-state index < -0.39 is 11.6 Å². The number of rotatable bonds is 9. The Morgan fingerprint density at radius 1 is 0.750 bits per heavy atom. The maximum atomic E-state index is 13.6. The first-order chi connectivity index (χ1) is 27.7. The molecule has 0 aliphatic rings. The van der Waals surface area contributed by atoms with Gasteiger partial charge in [0.25, 0.3) is 0 Å². The summed E-state index contributed by atoms with van der Waals surface area (Å²) in [5.41, 5.74) is 3.76. The van der Waals surface area contributed by atoms with Crippen LogP contribution in [0.3, 0.4) is 0 Å². The zero-order chi connectivity index (χ0) is 44.0. The fourth-order valence-electron chi connectivity index (χ4n) is 5.22. The van der Waals surface area contributed by atoms with Crippen molar-refractivity contribution in [1.82, 2.24) is 29.2 Å². The fraction of sp³-hybridized carbons (Fsp3) is 0.366. The van der Waals surface area contributed by atoms with Gasteiger partial charge in [-0.25, -0.2) is 24.6 Å². The number of aldehydes is 1. The number of nitrogens with one attached hydrogen (secondary N) is 2. The third-order valence-corrected chi connectivity index (χ3v) is 10.6. The molecule has 6 rings (SSSR count). The molecule has 60 heavy (non-hydrogen) atoms. The second-order valence-electron chi connectivity index (χ2n) is 15.4. The van der Waals surface area contributed by atoms with Gasteiger partial charge in [-0.2, -0.15) is 19.2 Å². The summed E-state index contributed by atoms with van der Waals surface area (Å²) in [7, 11) is 2.86. The number of nitrogens with zero attached hydrogens (tertiary/aromatic N) is 7. The molecule has 4 aromatic heterocycles. The van der Waals surface area contributed by atoms with E-state index in [4.69, 9.17) is 51.2 Å². The molecule has 0 aliphatic heterocycles. The predicted molar refractivity (Wildman–Crippen MR) is 240 cm³/mol. The van der Waals surface area contributed by atoms with E-state index in [9.17, 15) is 13.6 Å². The number of carbonyl (C=O) groups is 1. The zero-order valence-electron chi connectivity index (χ0n) is 34.1. The van der Waals surface area contributed by atoms with Crippen LogP contribution in [0.5, 0.6) is 0 Å². The molecule has 0 bridgehead atoms. The van der Waals surface area contributed by atoms with E-state index in [0.717, 1.165) is 0 Å². The van der Waals surface area contributed by atoms with E-state index in [-0.39, 0.29) is 50.7 Å². The lowest BCUT2D eigenvalue weighted by Crippen LogP contribution is -2.32. The average Bonchev–Trinajstić information content (AvgIpc) is 3.75. The van der Waals surface area contributed by atoms with Crippen LogP contribution in [-0.4, -0.2) is 68.0 Å². The molecule has 13 nitrogen and oxygen atoms in total. The first-order valence-electron chi connectivity index (χ1n) is 18.0. The highest BCUT2D eigenvalue weighted by atomic mass is 35.5. The van der Waals surface area contributed by atoms with Gasteiger partial charge in [0.1, 0.15) is 40.7 Å². The van der Waals surface area contributed by atoms with Gasteiger partial charge in [0.05, 0.1) is 58.0 Å². The highest BCUT2D eigenvalue weighted by molar-refractivity contribution is 6.37. The van der Waals surface area contributed by atoms with E-state index in [2.05, 4.69) is 95.2 Å². The summed E-state index contributed by atoms with van der Waals surface area (Å²) in [4.78, 5) is 28.6. The zero-order valence-corrected chi connectivity index (χ0v) is 37.2. The Kier molecular flexibility index (Phi) is 17.2. The van der Waals surface area contributed by atoms with Gasteiger partial charge < -0.3 is 20.3 Å². The second kappa shape index (κ2) is 20.8. The number of hydrogen-bond donors (Lipinski definition) is 3. The van der Waals surface area contributed by atoms with Gasteiger partial charge in [-0.1, -0.05) is 101 Å². The Bertz CT molecular complexity index is 2460. The second-order valence-corrected chi connectivity index (χ2v) is 16.9. The minimum absolute atomic E-state index is 0. The van der Waals surface area contributed by atoms with E-state index in [1.807, 2.05) is 6.92 Å². The van der Waals surface area contributed by atoms with Crippen molar-refractivity contribution in [1.29, 1.82) is 0 Å². The fourth-order valence-corrected chi connectivity index (χ4v) is 6.29. The standard InChI is InChI=1S/C20H22Cl2FN5O.C19H19Cl2FN4O.CH5NO.CH4/c1-11(20(2,3)4)26-19-16(14-7-6-13(23)8-15(14)21)17(22)27-18-12(10-25-29-5)9-24-28(18)19;1-10(19(2,3)4)24-18-15(13-6-5-12(22)7-14(13)20)16(21)25-17-11(9-27)8-23-26(17)18;1-3-2;/h6-11,26H,1-5H3;5-10,24H,1-4H3;2H2,1H3;1H4/b25-10-;;;. The van der Waals surface area contributed by atoms with E-state index >= 15 is 0 Å². The van der Waals surface area contributed by atoms with Crippen LogP contribution in [0.25, 0.3) is 33.5 Å². The molecule has 0 spiro atoms. The number of oxime groups is 1. The van der Waals surface area contributed by atoms with Crippen molar-refractivity contribution in [3.8, 4) is 22.3 Å². The Morgan fingerprint density at radius 2 is 1.13 bits per heavy atom. The van der Waals surface area contributed by atoms with Crippen molar-refractivity contribution in [3.63, 3.8) is 0 Å². The largest absolute Gasteiger partial charge is 0.399 e. The molecule has 2 aromatic carbocycles. The Labute approximate surface area is 368 Å². The first-order valence-corrected chi connectivity index (χ1v) is 19.5. The third kappa shape index (κ3) is 11.4. The van der Waals surface area contributed by atoms with Crippen LogP contribution in [0.1, 0.15) is 78.7 Å². The van der Waals surface area contributed by atoms with E-state index in [1.165, 1.54) is 55.4 Å². The number of nitrogens with two attached hydrogens (primary N) is 1. The number of fused-ring (bicyclic) bond motifs is 2. The molecule has 19 heteroatoms. The van der Waals surface area contributed by atoms with Gasteiger partial charge in [-0.15, -0.1) is 0 Å². The molecule has 0 saturated heterocycles. The molecule has 4 N–H and O–H groups in total. The van der Waals surface area contributed by atoms with Crippen LogP contribution < -0.4 is 16.5 Å². The average molecular weight is 911 g/mol. The van der Waals surface area contributed by atoms with Gasteiger partial charge in [0.15, 0.2) is 17.6 Å². The molecule has 0 saturated carbocycles.